The zero-order chi connectivity index (χ0) is 30.2. The van der Waals surface area contributed by atoms with Gasteiger partial charge >= 0.3 is 0 Å². The van der Waals surface area contributed by atoms with Crippen LogP contribution >= 0.6 is 0 Å². The van der Waals surface area contributed by atoms with Gasteiger partial charge in [0.2, 0.25) is 11.8 Å². The van der Waals surface area contributed by atoms with Crippen molar-refractivity contribution < 1.29 is 9.59 Å². The van der Waals surface area contributed by atoms with Gasteiger partial charge in [-0.25, -0.2) is 0 Å². The van der Waals surface area contributed by atoms with Crippen molar-refractivity contribution in [2.45, 2.75) is 71.5 Å². The molecule has 3 atom stereocenters. The van der Waals surface area contributed by atoms with Crippen molar-refractivity contribution in [3.05, 3.63) is 82.9 Å². The van der Waals surface area contributed by atoms with Gasteiger partial charge in [-0.05, 0) is 67.5 Å². The van der Waals surface area contributed by atoms with E-state index in [0.29, 0.717) is 19.5 Å². The maximum Gasteiger partial charge on any atom is 0.245 e. The summed E-state index contributed by atoms with van der Waals surface area (Å²) in [5.74, 6) is -0.283. The minimum absolute atomic E-state index is 0.00515. The van der Waals surface area contributed by atoms with Gasteiger partial charge in [0.1, 0.15) is 6.04 Å². The number of rotatable bonds is 11. The van der Waals surface area contributed by atoms with E-state index in [9.17, 15) is 9.59 Å². The van der Waals surface area contributed by atoms with Crippen LogP contribution in [0.25, 0.3) is 10.8 Å². The summed E-state index contributed by atoms with van der Waals surface area (Å²) in [6.07, 6.45) is 2.95. The van der Waals surface area contributed by atoms with Crippen LogP contribution in [0, 0.1) is 19.3 Å². The highest BCUT2D eigenvalue weighted by molar-refractivity contribution is 5.87. The Hall–Kier alpha value is -3.91. The topological polar surface area (TPSA) is 115 Å². The van der Waals surface area contributed by atoms with E-state index < -0.39 is 6.04 Å². The van der Waals surface area contributed by atoms with E-state index in [2.05, 4.69) is 97.0 Å². The second-order valence-electron chi connectivity index (χ2n) is 11.8. The highest BCUT2D eigenvalue weighted by atomic mass is 16.2. The molecule has 0 unspecified atom stereocenters. The van der Waals surface area contributed by atoms with Crippen LogP contribution in [0.5, 0.6) is 0 Å². The van der Waals surface area contributed by atoms with E-state index in [1.165, 1.54) is 28.8 Å². The fourth-order valence-corrected chi connectivity index (χ4v) is 6.10. The number of benzene rings is 3. The van der Waals surface area contributed by atoms with Crippen molar-refractivity contribution in [1.82, 2.24) is 20.4 Å². The normalized spacial score (nSPS) is 18.0. The van der Waals surface area contributed by atoms with Crippen molar-refractivity contribution in [3.8, 4) is 0 Å². The Kier molecular flexibility index (Phi) is 10.6. The summed E-state index contributed by atoms with van der Waals surface area (Å²) in [6, 6.07) is 20.9. The van der Waals surface area contributed by atoms with Crippen molar-refractivity contribution in [3.63, 3.8) is 0 Å². The number of nitrogens with one attached hydrogen (secondary N) is 3. The van der Waals surface area contributed by atoms with E-state index in [1.807, 2.05) is 4.90 Å². The van der Waals surface area contributed by atoms with Crippen molar-refractivity contribution in [1.29, 1.82) is 5.41 Å². The Morgan fingerprint density at radius 1 is 1.05 bits per heavy atom. The first-order chi connectivity index (χ1) is 20.1. The van der Waals surface area contributed by atoms with Crippen LogP contribution in [0.2, 0.25) is 0 Å². The minimum atomic E-state index is -0.627. The highest BCUT2D eigenvalue weighted by Gasteiger charge is 2.37. The largest absolute Gasteiger partial charge is 0.370 e. The zero-order valence-corrected chi connectivity index (χ0v) is 25.5. The van der Waals surface area contributed by atoms with Crippen LogP contribution < -0.4 is 16.4 Å². The third kappa shape index (κ3) is 8.32. The lowest BCUT2D eigenvalue weighted by molar-refractivity contribution is -0.142. The van der Waals surface area contributed by atoms with Gasteiger partial charge in [0.05, 0.1) is 0 Å². The maximum absolute atomic E-state index is 14.1. The van der Waals surface area contributed by atoms with E-state index >= 15 is 0 Å². The van der Waals surface area contributed by atoms with Gasteiger partial charge in [0, 0.05) is 51.6 Å². The smallest absolute Gasteiger partial charge is 0.245 e. The number of hydrogen-bond acceptors (Lipinski definition) is 4. The Morgan fingerprint density at radius 3 is 2.52 bits per heavy atom. The molecule has 1 heterocycles. The van der Waals surface area contributed by atoms with Crippen LogP contribution in [0.4, 0.5) is 0 Å². The number of guanidine groups is 1. The summed E-state index contributed by atoms with van der Waals surface area (Å²) in [5, 5.41) is 15.8. The number of carbonyl (C=O) groups is 2. The van der Waals surface area contributed by atoms with Gasteiger partial charge < -0.3 is 21.3 Å². The number of carbonyl (C=O) groups excluding carboxylic acids is 2. The molecule has 1 aliphatic heterocycles. The standard InChI is InChI=1S/C34H46N6O2/c1-23-11-13-29(24(2)18-23)20-32(38-26(4)41)33(42)40-21-25(3)39(22-31(40)10-7-16-37-34(35)36)17-15-27-12-14-28-8-5-6-9-30(28)19-27/h5-6,8-9,11-14,18-19,25,31-32H,7,10,15-17,20-22H2,1-4H3,(H,38,41)(H4,35,36,37)/t25-,31+,32+/m1/s1. The molecule has 0 radical (unpaired) electrons. The minimum Gasteiger partial charge on any atom is -0.370 e. The van der Waals surface area contributed by atoms with Crippen LogP contribution in [-0.2, 0) is 22.4 Å². The molecule has 0 aliphatic carbocycles. The third-order valence-electron chi connectivity index (χ3n) is 8.38. The average Bonchev–Trinajstić information content (AvgIpc) is 2.95. The van der Waals surface area contributed by atoms with Crippen molar-refractivity contribution in [2.24, 2.45) is 5.73 Å². The summed E-state index contributed by atoms with van der Waals surface area (Å²) in [7, 11) is 0. The maximum atomic E-state index is 14.1. The first-order valence-corrected chi connectivity index (χ1v) is 15.0. The molecule has 3 aromatic rings. The van der Waals surface area contributed by atoms with Crippen molar-refractivity contribution >= 4 is 28.5 Å². The summed E-state index contributed by atoms with van der Waals surface area (Å²) < 4.78 is 0. The number of nitrogens with two attached hydrogens (primary N) is 1. The van der Waals surface area contributed by atoms with Gasteiger partial charge in [0.25, 0.3) is 0 Å². The van der Waals surface area contributed by atoms with Crippen LogP contribution in [0.15, 0.2) is 60.7 Å². The average molecular weight is 571 g/mol. The lowest BCUT2D eigenvalue weighted by atomic mass is 9.96. The fourth-order valence-electron chi connectivity index (χ4n) is 6.10. The molecule has 0 saturated carbocycles. The fraction of sp³-hybridized carbons (Fsp3) is 0.441. The quantitative estimate of drug-likeness (QED) is 0.159. The predicted octanol–water partition coefficient (Wildman–Crippen LogP) is 3.91. The molecule has 1 aliphatic rings. The van der Waals surface area contributed by atoms with Crippen LogP contribution in [0.1, 0.15) is 48.9 Å². The molecule has 1 fully saturated rings. The number of aryl methyl sites for hydroxylation is 2. The number of piperazine rings is 1. The number of nitrogens with zero attached hydrogens (tertiary/aromatic N) is 2. The second kappa shape index (κ2) is 14.3. The molecule has 224 valence electrons. The Bertz CT molecular complexity index is 1410. The highest BCUT2D eigenvalue weighted by Crippen LogP contribution is 2.23. The molecule has 2 amide bonds. The summed E-state index contributed by atoms with van der Waals surface area (Å²) >= 11 is 0. The zero-order valence-electron chi connectivity index (χ0n) is 25.5. The van der Waals surface area contributed by atoms with Gasteiger partial charge in [-0.3, -0.25) is 19.9 Å². The molecular weight excluding hydrogens is 524 g/mol. The molecular formula is C34H46N6O2. The monoisotopic (exact) mass is 570 g/mol. The van der Waals surface area contributed by atoms with Crippen LogP contribution in [0.3, 0.4) is 0 Å². The predicted molar refractivity (Wildman–Crippen MR) is 171 cm³/mol. The molecule has 5 N–H and O–H groups in total. The first-order valence-electron chi connectivity index (χ1n) is 15.0. The lowest BCUT2D eigenvalue weighted by Gasteiger charge is -2.46. The van der Waals surface area contributed by atoms with Gasteiger partial charge in [0.15, 0.2) is 5.96 Å². The van der Waals surface area contributed by atoms with Crippen molar-refractivity contribution in [2.75, 3.05) is 26.2 Å². The van der Waals surface area contributed by atoms with Gasteiger partial charge in [-0.15, -0.1) is 0 Å². The van der Waals surface area contributed by atoms with Gasteiger partial charge in [-0.2, -0.15) is 0 Å². The molecule has 0 bridgehead atoms. The Morgan fingerprint density at radius 2 is 1.81 bits per heavy atom. The summed E-state index contributed by atoms with van der Waals surface area (Å²) in [5.41, 5.74) is 10.2. The molecule has 0 spiro atoms. The summed E-state index contributed by atoms with van der Waals surface area (Å²) in [4.78, 5) is 30.8. The molecule has 3 aromatic carbocycles. The third-order valence-corrected chi connectivity index (χ3v) is 8.38. The SMILES string of the molecule is CC(=O)N[C@@H](Cc1ccc(C)cc1C)C(=O)N1C[C@@H](C)N(CCc2ccc3ccccc3c2)C[C@@H]1CCCNC(=N)N. The Labute approximate surface area is 250 Å². The molecule has 8 heteroatoms. The van der Waals surface area contributed by atoms with E-state index in [-0.39, 0.29) is 29.9 Å². The molecule has 1 saturated heterocycles. The van der Waals surface area contributed by atoms with Crippen LogP contribution in [-0.4, -0.2) is 71.9 Å². The number of hydrogen-bond donors (Lipinski definition) is 4. The Balaban J connectivity index is 1.50. The second-order valence-corrected chi connectivity index (χ2v) is 11.8. The van der Waals surface area contributed by atoms with E-state index in [4.69, 9.17) is 11.1 Å². The van der Waals surface area contributed by atoms with E-state index in [1.54, 1.807) is 0 Å². The van der Waals surface area contributed by atoms with Gasteiger partial charge in [-0.1, -0.05) is 66.2 Å². The first kappa shape index (κ1) is 31.0. The molecule has 4 rings (SSSR count). The lowest BCUT2D eigenvalue weighted by Crippen LogP contribution is -2.62. The number of amides is 2. The van der Waals surface area contributed by atoms with E-state index in [0.717, 1.165) is 43.5 Å². The summed E-state index contributed by atoms with van der Waals surface area (Å²) in [6.45, 7) is 10.6. The number of fused-ring (bicyclic) bond motifs is 1. The molecule has 8 nitrogen and oxygen atoms in total. The molecule has 42 heavy (non-hydrogen) atoms. The molecule has 0 aromatic heterocycles.